The highest BCUT2D eigenvalue weighted by Crippen LogP contribution is 2.25. The van der Waals surface area contributed by atoms with E-state index in [1.165, 1.54) is 0 Å². The molecule has 1 rings (SSSR count). The van der Waals surface area contributed by atoms with Crippen LogP contribution in [-0.4, -0.2) is 54.4 Å². The second-order valence-electron chi connectivity index (χ2n) is 6.92. The minimum Gasteiger partial charge on any atom is -0.444 e. The molecule has 0 aliphatic carbocycles. The maximum atomic E-state index is 12.5. The van der Waals surface area contributed by atoms with Gasteiger partial charge in [0.2, 0.25) is 5.91 Å². The lowest BCUT2D eigenvalue weighted by Crippen LogP contribution is -2.50. The Hall–Kier alpha value is -1.59. The number of rotatable bonds is 4. The summed E-state index contributed by atoms with van der Waals surface area (Å²) in [5.41, 5.74) is -0.565. The van der Waals surface area contributed by atoms with Gasteiger partial charge >= 0.3 is 6.09 Å². The molecule has 0 spiro atoms. The van der Waals surface area contributed by atoms with Crippen molar-refractivity contribution in [2.75, 3.05) is 13.6 Å². The van der Waals surface area contributed by atoms with Gasteiger partial charge in [0.25, 0.3) is 0 Å². The van der Waals surface area contributed by atoms with Crippen LogP contribution in [0.3, 0.4) is 0 Å². The summed E-state index contributed by atoms with van der Waals surface area (Å²) < 4.78 is 5.41. The number of likely N-dealkylation sites (tertiary alicyclic amines) is 1. The monoisotopic (exact) mass is 311 g/mol. The summed E-state index contributed by atoms with van der Waals surface area (Å²) in [6.07, 6.45) is 2.71. The quantitative estimate of drug-likeness (QED) is 0.809. The van der Waals surface area contributed by atoms with Crippen LogP contribution in [0, 0.1) is 5.92 Å². The van der Waals surface area contributed by atoms with Crippen molar-refractivity contribution in [1.29, 1.82) is 0 Å². The Bertz CT molecular complexity index is 429. The fourth-order valence-corrected chi connectivity index (χ4v) is 2.52. The Kier molecular flexibility index (Phi) is 6.38. The predicted octanol–water partition coefficient (Wildman–Crippen LogP) is 2.23. The first kappa shape index (κ1) is 18.5. The van der Waals surface area contributed by atoms with Gasteiger partial charge in [-0.05, 0) is 39.5 Å². The van der Waals surface area contributed by atoms with Gasteiger partial charge in [-0.25, -0.2) is 4.79 Å². The van der Waals surface area contributed by atoms with Crippen LogP contribution in [0.1, 0.15) is 47.5 Å². The molecule has 0 bridgehead atoms. The van der Waals surface area contributed by atoms with Gasteiger partial charge in [-0.15, -0.1) is 0 Å². The summed E-state index contributed by atoms with van der Waals surface area (Å²) in [7, 11) is 1.68. The first-order valence-corrected chi connectivity index (χ1v) is 7.90. The van der Waals surface area contributed by atoms with Crippen molar-refractivity contribution in [2.45, 2.75) is 65.1 Å². The van der Waals surface area contributed by atoms with Crippen molar-refractivity contribution in [2.24, 2.45) is 10.9 Å². The van der Waals surface area contributed by atoms with Gasteiger partial charge in [0.05, 0.1) is 6.04 Å². The van der Waals surface area contributed by atoms with Crippen molar-refractivity contribution >= 4 is 18.2 Å². The predicted molar refractivity (Wildman–Crippen MR) is 87.1 cm³/mol. The highest BCUT2D eigenvalue weighted by Gasteiger charge is 2.40. The third-order valence-corrected chi connectivity index (χ3v) is 3.54. The normalized spacial score (nSPS) is 23.6. The maximum Gasteiger partial charge on any atom is 0.410 e. The Labute approximate surface area is 133 Å². The van der Waals surface area contributed by atoms with Gasteiger partial charge in [-0.3, -0.25) is 14.7 Å². The number of ether oxygens (including phenoxy) is 1. The average Bonchev–Trinajstić information content (AvgIpc) is 2.78. The molecule has 126 valence electrons. The van der Waals surface area contributed by atoms with Crippen molar-refractivity contribution in [3.8, 4) is 0 Å². The van der Waals surface area contributed by atoms with Crippen molar-refractivity contribution in [1.82, 2.24) is 10.2 Å². The van der Waals surface area contributed by atoms with Crippen LogP contribution in [0.25, 0.3) is 0 Å². The SMILES string of the molecule is CC[C@@H](C=NC)NC(=O)[C@@H]1C[C@@H](C)CN1C(=O)OC(C)(C)C. The molecular formula is C16H29N3O3. The first-order chi connectivity index (χ1) is 10.2. The lowest BCUT2D eigenvalue weighted by molar-refractivity contribution is -0.125. The van der Waals surface area contributed by atoms with E-state index < -0.39 is 17.7 Å². The molecule has 0 unspecified atom stereocenters. The summed E-state index contributed by atoms with van der Waals surface area (Å²) in [6.45, 7) is 10.0. The van der Waals surface area contributed by atoms with E-state index in [0.29, 0.717) is 13.0 Å². The molecule has 1 heterocycles. The van der Waals surface area contributed by atoms with Gasteiger partial charge in [-0.1, -0.05) is 13.8 Å². The number of aliphatic imine (C=N–C) groups is 1. The molecule has 6 heteroatoms. The second-order valence-corrected chi connectivity index (χ2v) is 6.92. The summed E-state index contributed by atoms with van der Waals surface area (Å²) in [5.74, 6) is 0.144. The Morgan fingerprint density at radius 2 is 2.09 bits per heavy atom. The zero-order valence-corrected chi connectivity index (χ0v) is 14.5. The number of amides is 2. The van der Waals surface area contributed by atoms with Crippen molar-refractivity contribution in [3.63, 3.8) is 0 Å². The molecule has 3 atom stereocenters. The molecule has 1 fully saturated rings. The van der Waals surface area contributed by atoms with E-state index >= 15 is 0 Å². The summed E-state index contributed by atoms with van der Waals surface area (Å²) in [4.78, 5) is 30.3. The molecule has 1 N–H and O–H groups in total. The van der Waals surface area contributed by atoms with Crippen LogP contribution in [0.5, 0.6) is 0 Å². The summed E-state index contributed by atoms with van der Waals surface area (Å²) in [5, 5.41) is 2.94. The highest BCUT2D eigenvalue weighted by molar-refractivity contribution is 5.88. The first-order valence-electron chi connectivity index (χ1n) is 7.90. The van der Waals surface area contributed by atoms with Crippen LogP contribution in [0.4, 0.5) is 4.79 Å². The van der Waals surface area contributed by atoms with E-state index in [4.69, 9.17) is 4.74 Å². The number of nitrogens with zero attached hydrogens (tertiary/aromatic N) is 2. The summed E-state index contributed by atoms with van der Waals surface area (Å²) >= 11 is 0. The topological polar surface area (TPSA) is 71.0 Å². The Balaban J connectivity index is 2.77. The molecule has 1 saturated heterocycles. The van der Waals surface area contributed by atoms with Gasteiger partial charge in [0.1, 0.15) is 11.6 Å². The lowest BCUT2D eigenvalue weighted by Gasteiger charge is -2.28. The van der Waals surface area contributed by atoms with E-state index in [0.717, 1.165) is 6.42 Å². The zero-order valence-electron chi connectivity index (χ0n) is 14.5. The molecule has 0 radical (unpaired) electrons. The van der Waals surface area contributed by atoms with Gasteiger partial charge in [0, 0.05) is 19.8 Å². The van der Waals surface area contributed by atoms with Crippen molar-refractivity contribution in [3.05, 3.63) is 0 Å². The molecule has 1 aliphatic heterocycles. The Morgan fingerprint density at radius 1 is 1.45 bits per heavy atom. The largest absolute Gasteiger partial charge is 0.444 e. The Morgan fingerprint density at radius 3 is 2.59 bits per heavy atom. The number of nitrogens with one attached hydrogen (secondary N) is 1. The smallest absolute Gasteiger partial charge is 0.410 e. The third kappa shape index (κ3) is 5.31. The lowest BCUT2D eigenvalue weighted by atomic mass is 10.1. The third-order valence-electron chi connectivity index (χ3n) is 3.54. The van der Waals surface area contributed by atoms with E-state index in [1.807, 2.05) is 34.6 Å². The molecule has 6 nitrogen and oxygen atoms in total. The fraction of sp³-hybridized carbons (Fsp3) is 0.812. The summed E-state index contributed by atoms with van der Waals surface area (Å²) in [6, 6.07) is -0.571. The molecular weight excluding hydrogens is 282 g/mol. The van der Waals surface area contributed by atoms with Crippen LogP contribution < -0.4 is 5.32 Å². The molecule has 1 aliphatic rings. The van der Waals surface area contributed by atoms with E-state index in [2.05, 4.69) is 10.3 Å². The fourth-order valence-electron chi connectivity index (χ4n) is 2.52. The van der Waals surface area contributed by atoms with Gasteiger partial charge in [0.15, 0.2) is 0 Å². The number of carbonyl (C=O) groups is 2. The van der Waals surface area contributed by atoms with Crippen LogP contribution in [0.15, 0.2) is 4.99 Å². The molecule has 2 amide bonds. The zero-order chi connectivity index (χ0) is 16.9. The van der Waals surface area contributed by atoms with Crippen LogP contribution in [-0.2, 0) is 9.53 Å². The molecule has 22 heavy (non-hydrogen) atoms. The number of hydrogen-bond acceptors (Lipinski definition) is 4. The van der Waals surface area contributed by atoms with E-state index in [1.54, 1.807) is 18.2 Å². The second kappa shape index (κ2) is 7.61. The maximum absolute atomic E-state index is 12.5. The van der Waals surface area contributed by atoms with Gasteiger partial charge in [-0.2, -0.15) is 0 Å². The van der Waals surface area contributed by atoms with E-state index in [-0.39, 0.29) is 17.9 Å². The average molecular weight is 311 g/mol. The number of hydrogen-bond donors (Lipinski definition) is 1. The van der Waals surface area contributed by atoms with Crippen LogP contribution >= 0.6 is 0 Å². The highest BCUT2D eigenvalue weighted by atomic mass is 16.6. The minimum absolute atomic E-state index is 0.103. The number of carbonyl (C=O) groups excluding carboxylic acids is 2. The molecule has 0 aromatic heterocycles. The molecule has 0 saturated carbocycles. The standard InChI is InChI=1S/C16H29N3O3/c1-7-12(9-17-6)18-14(20)13-8-11(2)10-19(13)15(21)22-16(3,4)5/h9,11-13H,7-8,10H2,1-6H3,(H,18,20)/t11-,12+,13+/m1/s1. The van der Waals surface area contributed by atoms with Crippen LogP contribution in [0.2, 0.25) is 0 Å². The molecule has 0 aromatic rings. The van der Waals surface area contributed by atoms with Crippen molar-refractivity contribution < 1.29 is 14.3 Å². The van der Waals surface area contributed by atoms with Gasteiger partial charge < -0.3 is 10.1 Å². The molecule has 0 aromatic carbocycles. The van der Waals surface area contributed by atoms with E-state index in [9.17, 15) is 9.59 Å². The minimum atomic E-state index is -0.565.